The SMILES string of the molecule is CCN(CC)C(=S)S#[Te]1(SP2(=S)OCC(CC)(CC)CO2)CCCC1. The number of nitrogens with zero attached hydrogens (tertiary/aromatic N) is 1. The van der Waals surface area contributed by atoms with E-state index < -0.39 is 20.3 Å². The Kier molecular flexibility index (Phi) is 9.27. The van der Waals surface area contributed by atoms with E-state index in [0.29, 0.717) is 0 Å². The molecule has 0 N–H and O–H groups in total. The molecule has 148 valence electrons. The summed E-state index contributed by atoms with van der Waals surface area (Å²) in [5.41, 5.74) is -2.03. The van der Waals surface area contributed by atoms with Crippen molar-refractivity contribution in [3.8, 4) is 0 Å². The van der Waals surface area contributed by atoms with E-state index in [4.69, 9.17) is 33.1 Å². The van der Waals surface area contributed by atoms with Crippen molar-refractivity contribution in [2.24, 2.45) is 5.41 Å². The molecule has 3 nitrogen and oxygen atoms in total. The second-order valence-electron chi connectivity index (χ2n) is 6.66. The van der Waals surface area contributed by atoms with Gasteiger partial charge < -0.3 is 0 Å². The van der Waals surface area contributed by atoms with Gasteiger partial charge in [-0.3, -0.25) is 0 Å². The van der Waals surface area contributed by atoms with Gasteiger partial charge in [-0.2, -0.15) is 0 Å². The van der Waals surface area contributed by atoms with Crippen molar-refractivity contribution in [3.05, 3.63) is 0 Å². The zero-order valence-corrected chi connectivity index (χ0v) is 22.3. The van der Waals surface area contributed by atoms with Gasteiger partial charge in [0.05, 0.1) is 0 Å². The molecule has 0 bridgehead atoms. The van der Waals surface area contributed by atoms with Gasteiger partial charge in [0.25, 0.3) is 0 Å². The Morgan fingerprint density at radius 3 is 2.04 bits per heavy atom. The molecule has 0 unspecified atom stereocenters. The van der Waals surface area contributed by atoms with E-state index >= 15 is 0 Å². The minimum absolute atomic E-state index is 0.169. The van der Waals surface area contributed by atoms with Crippen molar-refractivity contribution >= 4 is 65.5 Å². The van der Waals surface area contributed by atoms with Gasteiger partial charge >= 0.3 is 173 Å². The van der Waals surface area contributed by atoms with Gasteiger partial charge in [-0.15, -0.1) is 0 Å². The van der Waals surface area contributed by atoms with Crippen molar-refractivity contribution in [2.45, 2.75) is 62.3 Å². The quantitative estimate of drug-likeness (QED) is 0.220. The van der Waals surface area contributed by atoms with Crippen LogP contribution in [0.15, 0.2) is 0 Å². The summed E-state index contributed by atoms with van der Waals surface area (Å²) in [6.45, 7) is 12.3. The molecule has 2 aliphatic rings. The summed E-state index contributed by atoms with van der Waals surface area (Å²) in [7, 11) is 4.01. The van der Waals surface area contributed by atoms with Crippen molar-refractivity contribution in [1.29, 1.82) is 0 Å². The van der Waals surface area contributed by atoms with E-state index in [1.807, 2.05) is 16.8 Å². The molecule has 9 heteroatoms. The molecule has 0 aliphatic carbocycles. The minimum atomic E-state index is -2.30. The normalized spacial score (nSPS) is 24.0. The van der Waals surface area contributed by atoms with Crippen LogP contribution in [0.25, 0.3) is 0 Å². The molecule has 0 spiro atoms. The van der Waals surface area contributed by atoms with Crippen molar-refractivity contribution in [3.63, 3.8) is 0 Å². The summed E-state index contributed by atoms with van der Waals surface area (Å²) in [5, 5.41) is 0. The number of hydrogen-bond acceptors (Lipinski definition) is 5. The zero-order chi connectivity index (χ0) is 18.6. The maximum absolute atomic E-state index is 6.29. The van der Waals surface area contributed by atoms with Crippen LogP contribution in [0.4, 0.5) is 0 Å². The molecular weight excluding hydrogens is 525 g/mol. The van der Waals surface area contributed by atoms with Gasteiger partial charge in [0.1, 0.15) is 0 Å². The third-order valence-corrected chi connectivity index (χ3v) is 45.4. The number of thiocarbonyl (C=S) groups is 1. The molecular formula is C16H32NO2PS4Te. The molecule has 0 radical (unpaired) electrons. The number of rotatable bonds is 5. The van der Waals surface area contributed by atoms with Gasteiger partial charge in [0, 0.05) is 0 Å². The fourth-order valence-electron chi connectivity index (χ4n) is 2.96. The molecule has 0 atom stereocenters. The van der Waals surface area contributed by atoms with Gasteiger partial charge in [-0.05, 0) is 0 Å². The predicted molar refractivity (Wildman–Crippen MR) is 125 cm³/mol. The maximum atomic E-state index is 6.29. The fraction of sp³-hybridized carbons (Fsp3) is 0.938. The molecule has 0 aromatic carbocycles. The molecule has 2 heterocycles. The Labute approximate surface area is 172 Å². The van der Waals surface area contributed by atoms with Crippen LogP contribution in [-0.4, -0.2) is 50.1 Å². The average Bonchev–Trinajstić information content (AvgIpc) is 3.04. The van der Waals surface area contributed by atoms with E-state index in [9.17, 15) is 0 Å². The van der Waals surface area contributed by atoms with E-state index in [-0.39, 0.29) is 5.41 Å². The van der Waals surface area contributed by atoms with Crippen LogP contribution in [0, 0.1) is 5.41 Å². The topological polar surface area (TPSA) is 21.7 Å². The van der Waals surface area contributed by atoms with E-state index in [0.717, 1.165) is 43.5 Å². The first-order chi connectivity index (χ1) is 11.9. The molecule has 0 amide bonds. The standard InChI is InChI=1S/C16H32NO2PS4Te/c1-5-16(6-2)13-18-20(22,19-14-16)24-25(11-9-10-12-25)23-15(21)17(7-3)8-4/h5-14H2,1-4H3. The van der Waals surface area contributed by atoms with Crippen LogP contribution in [0.2, 0.25) is 8.94 Å². The van der Waals surface area contributed by atoms with Crippen LogP contribution in [0.1, 0.15) is 53.4 Å². The summed E-state index contributed by atoms with van der Waals surface area (Å²) in [5.74, 6) is 0. The van der Waals surface area contributed by atoms with Gasteiger partial charge in [-0.25, -0.2) is 0 Å². The van der Waals surface area contributed by atoms with E-state index in [1.54, 1.807) is 0 Å². The Bertz CT molecular complexity index is 623. The summed E-state index contributed by atoms with van der Waals surface area (Å²) in [4.78, 5) is 2.31. The average molecular weight is 557 g/mol. The first-order valence-corrected chi connectivity index (χ1v) is 23.4. The molecule has 0 aromatic rings. The molecule has 2 saturated heterocycles. The first-order valence-electron chi connectivity index (χ1n) is 9.23. The Morgan fingerprint density at radius 1 is 1.08 bits per heavy atom. The van der Waals surface area contributed by atoms with Gasteiger partial charge in [-0.1, -0.05) is 0 Å². The number of hydrogen-bond donors (Lipinski definition) is 0. The predicted octanol–water partition coefficient (Wildman–Crippen LogP) is 6.39. The molecule has 25 heavy (non-hydrogen) atoms. The van der Waals surface area contributed by atoms with Gasteiger partial charge in [0.2, 0.25) is 0 Å². The van der Waals surface area contributed by atoms with Crippen LogP contribution in [0.3, 0.4) is 0 Å². The Morgan fingerprint density at radius 2 is 1.60 bits per heavy atom. The molecule has 2 rings (SSSR count). The Balaban J connectivity index is 2.21. The van der Waals surface area contributed by atoms with Crippen molar-refractivity contribution in [2.75, 3.05) is 26.3 Å². The molecule has 2 fully saturated rings. The van der Waals surface area contributed by atoms with Crippen LogP contribution >= 0.6 is 34.7 Å². The van der Waals surface area contributed by atoms with Gasteiger partial charge in [0.15, 0.2) is 0 Å². The second-order valence-corrected chi connectivity index (χ2v) is 35.2. The monoisotopic (exact) mass is 559 g/mol. The van der Waals surface area contributed by atoms with Crippen LogP contribution < -0.4 is 0 Å². The summed E-state index contributed by atoms with van der Waals surface area (Å²) < 4.78 is 16.3. The van der Waals surface area contributed by atoms with Crippen LogP contribution in [0.5, 0.6) is 0 Å². The van der Waals surface area contributed by atoms with Crippen LogP contribution in [-0.2, 0) is 20.9 Å². The van der Waals surface area contributed by atoms with E-state index in [2.05, 4.69) is 32.6 Å². The third-order valence-electron chi connectivity index (χ3n) is 5.19. The Hall–Kier alpha value is 1.82. The third kappa shape index (κ3) is 5.90. The summed E-state index contributed by atoms with van der Waals surface area (Å²) in [6.07, 6.45) is 4.84. The first kappa shape index (κ1) is 23.1. The zero-order valence-electron chi connectivity index (χ0n) is 15.8. The molecule has 2 aliphatic heterocycles. The second kappa shape index (κ2) is 10.0. The summed E-state index contributed by atoms with van der Waals surface area (Å²) >= 11 is 9.42. The van der Waals surface area contributed by atoms with Crippen molar-refractivity contribution in [1.82, 2.24) is 4.90 Å². The molecule has 0 aromatic heterocycles. The summed E-state index contributed by atoms with van der Waals surface area (Å²) in [6, 6.07) is 0. The fourth-order valence-corrected chi connectivity index (χ4v) is 56.1. The van der Waals surface area contributed by atoms with E-state index in [1.165, 1.54) is 21.8 Å². The van der Waals surface area contributed by atoms with Crippen molar-refractivity contribution < 1.29 is 9.05 Å². The molecule has 0 saturated carbocycles.